The normalized spacial score (nSPS) is 11.9. The molecule has 1 unspecified atom stereocenters. The first-order valence-electron chi connectivity index (χ1n) is 13.5. The van der Waals surface area contributed by atoms with E-state index in [2.05, 4.69) is 16.0 Å². The van der Waals surface area contributed by atoms with Gasteiger partial charge in [-0.1, -0.05) is 73.1 Å². The first-order chi connectivity index (χ1) is 20.2. The van der Waals surface area contributed by atoms with Crippen molar-refractivity contribution in [1.82, 2.24) is 5.32 Å². The van der Waals surface area contributed by atoms with Crippen molar-refractivity contribution in [1.29, 1.82) is 0 Å². The Hall–Kier alpha value is -4.33. The number of carbonyl (C=O) groups excluding carboxylic acids is 3. The van der Waals surface area contributed by atoms with Crippen molar-refractivity contribution >= 4 is 58.5 Å². The SMILES string of the molecule is CCC(Sc1cccc(NC(=O)/C(=C\c2ccc(Cl)cc2)NC(=O)c2ccccc2)c1)C(=O)Nc1c(C)cccc1C. The summed E-state index contributed by atoms with van der Waals surface area (Å²) in [5.74, 6) is -0.974. The molecule has 8 heteroatoms. The van der Waals surface area contributed by atoms with Crippen molar-refractivity contribution in [2.24, 2.45) is 0 Å². The maximum absolute atomic E-state index is 13.4. The molecule has 0 saturated heterocycles. The van der Waals surface area contributed by atoms with Crippen molar-refractivity contribution in [3.8, 4) is 0 Å². The van der Waals surface area contributed by atoms with Crippen LogP contribution in [0.2, 0.25) is 5.02 Å². The summed E-state index contributed by atoms with van der Waals surface area (Å²) in [6.07, 6.45) is 2.22. The fourth-order valence-corrected chi connectivity index (χ4v) is 5.35. The van der Waals surface area contributed by atoms with Crippen LogP contribution in [0.4, 0.5) is 11.4 Å². The van der Waals surface area contributed by atoms with E-state index in [4.69, 9.17) is 11.6 Å². The van der Waals surface area contributed by atoms with Gasteiger partial charge in [0, 0.05) is 26.9 Å². The van der Waals surface area contributed by atoms with Crippen molar-refractivity contribution in [2.45, 2.75) is 37.3 Å². The predicted molar refractivity (Wildman–Crippen MR) is 173 cm³/mol. The van der Waals surface area contributed by atoms with E-state index < -0.39 is 11.8 Å². The molecule has 0 aliphatic heterocycles. The van der Waals surface area contributed by atoms with Gasteiger partial charge in [0.1, 0.15) is 5.70 Å². The van der Waals surface area contributed by atoms with Crippen LogP contribution in [0.15, 0.2) is 108 Å². The number of para-hydroxylation sites is 1. The molecule has 4 rings (SSSR count). The third-order valence-electron chi connectivity index (χ3n) is 6.47. The molecule has 1 atom stereocenters. The number of hydrogen-bond donors (Lipinski definition) is 3. The van der Waals surface area contributed by atoms with Crippen molar-refractivity contribution in [2.75, 3.05) is 10.6 Å². The third kappa shape index (κ3) is 8.35. The Morgan fingerprint density at radius 2 is 1.50 bits per heavy atom. The summed E-state index contributed by atoms with van der Waals surface area (Å²) in [5, 5.41) is 8.94. The van der Waals surface area contributed by atoms with Crippen LogP contribution in [-0.2, 0) is 9.59 Å². The summed E-state index contributed by atoms with van der Waals surface area (Å²) in [5.41, 5.74) is 4.58. The van der Waals surface area contributed by atoms with E-state index in [9.17, 15) is 14.4 Å². The summed E-state index contributed by atoms with van der Waals surface area (Å²) >= 11 is 7.45. The minimum absolute atomic E-state index is 0.0728. The number of benzene rings is 4. The van der Waals surface area contributed by atoms with Gasteiger partial charge in [0.25, 0.3) is 11.8 Å². The molecule has 0 aliphatic carbocycles. The lowest BCUT2D eigenvalue weighted by Gasteiger charge is -2.18. The lowest BCUT2D eigenvalue weighted by Crippen LogP contribution is -2.30. The zero-order valence-electron chi connectivity index (χ0n) is 23.6. The third-order valence-corrected chi connectivity index (χ3v) is 8.08. The van der Waals surface area contributed by atoms with Gasteiger partial charge in [0.15, 0.2) is 0 Å². The molecule has 4 aromatic carbocycles. The molecule has 4 aromatic rings. The molecule has 3 N–H and O–H groups in total. The highest BCUT2D eigenvalue weighted by atomic mass is 35.5. The predicted octanol–water partition coefficient (Wildman–Crippen LogP) is 7.88. The molecule has 0 radical (unpaired) electrons. The molecule has 6 nitrogen and oxygen atoms in total. The van der Waals surface area contributed by atoms with Gasteiger partial charge in [-0.15, -0.1) is 11.8 Å². The second-order valence-corrected chi connectivity index (χ2v) is 11.4. The van der Waals surface area contributed by atoms with Crippen LogP contribution in [-0.4, -0.2) is 23.0 Å². The van der Waals surface area contributed by atoms with E-state index in [1.54, 1.807) is 60.7 Å². The first-order valence-corrected chi connectivity index (χ1v) is 14.8. The molecule has 0 bridgehead atoms. The van der Waals surface area contributed by atoms with E-state index in [0.717, 1.165) is 21.7 Å². The highest BCUT2D eigenvalue weighted by Gasteiger charge is 2.20. The van der Waals surface area contributed by atoms with Crippen molar-refractivity contribution in [3.05, 3.63) is 130 Å². The van der Waals surface area contributed by atoms with Gasteiger partial charge in [-0.2, -0.15) is 0 Å². The van der Waals surface area contributed by atoms with Gasteiger partial charge >= 0.3 is 0 Å². The Morgan fingerprint density at radius 1 is 0.833 bits per heavy atom. The molecule has 42 heavy (non-hydrogen) atoms. The zero-order valence-corrected chi connectivity index (χ0v) is 25.2. The minimum Gasteiger partial charge on any atom is -0.325 e. The number of halogens is 1. The standard InChI is InChI=1S/C34H32ClN3O3S/c1-4-30(34(41)38-31-22(2)10-8-11-23(31)3)42-28-15-9-14-27(21-28)36-33(40)29(20-24-16-18-26(35)19-17-24)37-32(39)25-12-6-5-7-13-25/h5-21,30H,4H2,1-3H3,(H,36,40)(H,37,39)(H,38,41)/b29-20+. The van der Waals surface area contributed by atoms with Crippen LogP contribution in [0.1, 0.15) is 40.4 Å². The van der Waals surface area contributed by atoms with Crippen LogP contribution in [0.3, 0.4) is 0 Å². The number of rotatable bonds is 10. The molecule has 0 saturated carbocycles. The number of thioether (sulfide) groups is 1. The molecule has 0 spiro atoms. The largest absolute Gasteiger partial charge is 0.325 e. The molecule has 0 fully saturated rings. The van der Waals surface area contributed by atoms with Crippen molar-refractivity contribution in [3.63, 3.8) is 0 Å². The maximum atomic E-state index is 13.4. The van der Waals surface area contributed by atoms with Crippen LogP contribution < -0.4 is 16.0 Å². The summed E-state index contributed by atoms with van der Waals surface area (Å²) in [6, 6.07) is 28.8. The Morgan fingerprint density at radius 3 is 2.17 bits per heavy atom. The molecular formula is C34H32ClN3O3S. The number of amides is 3. The smallest absolute Gasteiger partial charge is 0.272 e. The van der Waals surface area contributed by atoms with Gasteiger partial charge < -0.3 is 16.0 Å². The second kappa shape index (κ2) is 14.5. The van der Waals surface area contributed by atoms with Gasteiger partial charge in [-0.05, 0) is 85.5 Å². The average molecular weight is 598 g/mol. The molecule has 0 heterocycles. The Kier molecular flexibility index (Phi) is 10.6. The zero-order chi connectivity index (χ0) is 30.1. The summed E-state index contributed by atoms with van der Waals surface area (Å²) < 4.78 is 0. The summed E-state index contributed by atoms with van der Waals surface area (Å²) in [4.78, 5) is 40.3. The Bertz CT molecular complexity index is 1580. The second-order valence-electron chi connectivity index (χ2n) is 9.68. The molecule has 214 valence electrons. The highest BCUT2D eigenvalue weighted by Crippen LogP contribution is 2.30. The average Bonchev–Trinajstić information content (AvgIpc) is 2.99. The fraction of sp³-hybridized carbons (Fsp3) is 0.147. The molecule has 0 aromatic heterocycles. The number of hydrogen-bond acceptors (Lipinski definition) is 4. The first kappa shape index (κ1) is 30.6. The topological polar surface area (TPSA) is 87.3 Å². The van der Waals surface area contributed by atoms with E-state index in [0.29, 0.717) is 28.3 Å². The molecule has 3 amide bonds. The van der Waals surface area contributed by atoms with E-state index >= 15 is 0 Å². The van der Waals surface area contributed by atoms with Crippen LogP contribution in [0, 0.1) is 13.8 Å². The summed E-state index contributed by atoms with van der Waals surface area (Å²) in [6.45, 7) is 5.92. The Balaban J connectivity index is 1.51. The molecule has 0 aliphatic rings. The minimum atomic E-state index is -0.490. The van der Waals surface area contributed by atoms with Gasteiger partial charge in [0.2, 0.25) is 5.91 Å². The maximum Gasteiger partial charge on any atom is 0.272 e. The number of anilines is 2. The molecular weight excluding hydrogens is 566 g/mol. The lowest BCUT2D eigenvalue weighted by molar-refractivity contribution is -0.116. The number of aryl methyl sites for hydroxylation is 2. The van der Waals surface area contributed by atoms with Gasteiger partial charge in [-0.25, -0.2) is 0 Å². The number of nitrogens with one attached hydrogen (secondary N) is 3. The fourth-order valence-electron chi connectivity index (χ4n) is 4.22. The monoisotopic (exact) mass is 597 g/mol. The van der Waals surface area contributed by atoms with Gasteiger partial charge in [0.05, 0.1) is 5.25 Å². The van der Waals surface area contributed by atoms with E-state index in [-0.39, 0.29) is 16.9 Å². The Labute approximate surface area is 255 Å². The van der Waals surface area contributed by atoms with Crippen LogP contribution >= 0.6 is 23.4 Å². The number of carbonyl (C=O) groups is 3. The van der Waals surface area contributed by atoms with E-state index in [1.807, 2.05) is 63.2 Å². The van der Waals surface area contributed by atoms with Crippen molar-refractivity contribution < 1.29 is 14.4 Å². The summed E-state index contributed by atoms with van der Waals surface area (Å²) in [7, 11) is 0. The van der Waals surface area contributed by atoms with E-state index in [1.165, 1.54) is 11.8 Å². The van der Waals surface area contributed by atoms with Crippen LogP contribution in [0.5, 0.6) is 0 Å². The van der Waals surface area contributed by atoms with Gasteiger partial charge in [-0.3, -0.25) is 14.4 Å². The van der Waals surface area contributed by atoms with Crippen LogP contribution in [0.25, 0.3) is 6.08 Å². The lowest BCUT2D eigenvalue weighted by atomic mass is 10.1. The highest BCUT2D eigenvalue weighted by molar-refractivity contribution is 8.00. The quantitative estimate of drug-likeness (QED) is 0.128.